The Morgan fingerprint density at radius 2 is 2.16 bits per heavy atom. The molecule has 0 radical (unpaired) electrons. The number of hydrogen-bond donors (Lipinski definition) is 0. The molecule has 98 valence electrons. The van der Waals surface area contributed by atoms with Crippen molar-refractivity contribution in [3.63, 3.8) is 0 Å². The van der Waals surface area contributed by atoms with Crippen molar-refractivity contribution in [2.24, 2.45) is 0 Å². The number of carboxylic acids is 1. The van der Waals surface area contributed by atoms with E-state index in [0.717, 1.165) is 11.3 Å². The van der Waals surface area contributed by atoms with Crippen molar-refractivity contribution in [1.29, 1.82) is 0 Å². The van der Waals surface area contributed by atoms with E-state index in [2.05, 4.69) is 4.98 Å². The largest absolute Gasteiger partial charge is 0.544 e. The van der Waals surface area contributed by atoms with Crippen LogP contribution >= 0.6 is 11.3 Å². The van der Waals surface area contributed by atoms with Crippen molar-refractivity contribution in [3.8, 4) is 11.5 Å². The number of rotatable bonds is 2. The minimum atomic E-state index is -1.21. The second kappa shape index (κ2) is 4.55. The summed E-state index contributed by atoms with van der Waals surface area (Å²) in [7, 11) is 0. The summed E-state index contributed by atoms with van der Waals surface area (Å²) in [6.07, 6.45) is -0.383. The van der Waals surface area contributed by atoms with Gasteiger partial charge >= 0.3 is 0 Å². The molecule has 1 aromatic heterocycles. The predicted octanol–water partition coefficient (Wildman–Crippen LogP) is 1.33. The van der Waals surface area contributed by atoms with Gasteiger partial charge in [-0.05, 0) is 19.1 Å². The molecule has 0 fully saturated rings. The fourth-order valence-corrected chi connectivity index (χ4v) is 2.80. The van der Waals surface area contributed by atoms with Gasteiger partial charge < -0.3 is 19.4 Å². The SMILES string of the molecule is Cc1nc([C@H]2COc3ccccc3O2)sc1C(=O)[O-]. The first kappa shape index (κ1) is 12.0. The molecule has 6 heteroatoms. The number of ether oxygens (including phenoxy) is 2. The summed E-state index contributed by atoms with van der Waals surface area (Å²) < 4.78 is 11.4. The molecule has 5 nitrogen and oxygen atoms in total. The first-order valence-electron chi connectivity index (χ1n) is 5.72. The van der Waals surface area contributed by atoms with Crippen molar-refractivity contribution in [2.45, 2.75) is 13.0 Å². The van der Waals surface area contributed by atoms with E-state index < -0.39 is 5.97 Å². The summed E-state index contributed by atoms with van der Waals surface area (Å²) >= 11 is 1.07. The molecular weight excluding hydrogens is 266 g/mol. The van der Waals surface area contributed by atoms with Gasteiger partial charge in [0.25, 0.3) is 0 Å². The maximum atomic E-state index is 10.9. The molecule has 1 atom stereocenters. The lowest BCUT2D eigenvalue weighted by Gasteiger charge is -2.24. The van der Waals surface area contributed by atoms with E-state index in [1.165, 1.54) is 0 Å². The van der Waals surface area contributed by atoms with Gasteiger partial charge in [-0.25, -0.2) is 4.98 Å². The van der Waals surface area contributed by atoms with Crippen LogP contribution in [0.2, 0.25) is 0 Å². The van der Waals surface area contributed by atoms with Gasteiger partial charge in [0.2, 0.25) is 0 Å². The fourth-order valence-electron chi connectivity index (χ4n) is 1.89. The van der Waals surface area contributed by atoms with Crippen LogP contribution in [0.3, 0.4) is 0 Å². The van der Waals surface area contributed by atoms with E-state index in [-0.39, 0.29) is 11.0 Å². The van der Waals surface area contributed by atoms with E-state index >= 15 is 0 Å². The summed E-state index contributed by atoms with van der Waals surface area (Å²) in [5, 5.41) is 11.5. The van der Waals surface area contributed by atoms with Crippen molar-refractivity contribution < 1.29 is 19.4 Å². The van der Waals surface area contributed by atoms with Gasteiger partial charge in [0.15, 0.2) is 17.6 Å². The molecule has 2 heterocycles. The quantitative estimate of drug-likeness (QED) is 0.827. The number of nitrogens with zero attached hydrogens (tertiary/aromatic N) is 1. The molecule has 19 heavy (non-hydrogen) atoms. The van der Waals surface area contributed by atoms with Crippen LogP contribution in [0.5, 0.6) is 11.5 Å². The number of aryl methyl sites for hydroxylation is 1. The number of aromatic carboxylic acids is 1. The highest BCUT2D eigenvalue weighted by atomic mass is 32.1. The molecule has 0 aliphatic carbocycles. The van der Waals surface area contributed by atoms with Crippen molar-refractivity contribution in [3.05, 3.63) is 39.8 Å². The van der Waals surface area contributed by atoms with Crippen LogP contribution in [0.15, 0.2) is 24.3 Å². The molecule has 0 saturated heterocycles. The Bertz CT molecular complexity index is 637. The summed E-state index contributed by atoms with van der Waals surface area (Å²) in [5.41, 5.74) is 0.447. The maximum Gasteiger partial charge on any atom is 0.184 e. The Labute approximate surface area is 113 Å². The predicted molar refractivity (Wildman–Crippen MR) is 66.5 cm³/mol. The Morgan fingerprint density at radius 1 is 1.42 bits per heavy atom. The Morgan fingerprint density at radius 3 is 2.84 bits per heavy atom. The van der Waals surface area contributed by atoms with Gasteiger partial charge in [0.05, 0.1) is 16.5 Å². The zero-order chi connectivity index (χ0) is 13.4. The molecule has 1 aliphatic rings. The third-order valence-electron chi connectivity index (χ3n) is 2.78. The molecule has 0 amide bonds. The zero-order valence-electron chi connectivity index (χ0n) is 10.1. The van der Waals surface area contributed by atoms with Crippen LogP contribution in [0, 0.1) is 6.92 Å². The van der Waals surface area contributed by atoms with E-state index in [1.54, 1.807) is 6.92 Å². The highest BCUT2D eigenvalue weighted by molar-refractivity contribution is 7.13. The van der Waals surface area contributed by atoms with Crippen molar-refractivity contribution in [1.82, 2.24) is 4.98 Å². The number of fused-ring (bicyclic) bond motifs is 1. The smallest absolute Gasteiger partial charge is 0.184 e. The summed E-state index contributed by atoms with van der Waals surface area (Å²) in [5.74, 6) is 0.118. The van der Waals surface area contributed by atoms with Gasteiger partial charge in [-0.3, -0.25) is 0 Å². The second-order valence-electron chi connectivity index (χ2n) is 4.12. The average Bonchev–Trinajstić information content (AvgIpc) is 2.80. The van der Waals surface area contributed by atoms with Crippen molar-refractivity contribution >= 4 is 17.3 Å². The Kier molecular flexibility index (Phi) is 2.87. The summed E-state index contributed by atoms with van der Waals surface area (Å²) in [6, 6.07) is 7.35. The molecule has 0 unspecified atom stereocenters. The van der Waals surface area contributed by atoms with E-state index in [9.17, 15) is 9.90 Å². The second-order valence-corrected chi connectivity index (χ2v) is 5.15. The summed E-state index contributed by atoms with van der Waals surface area (Å²) in [6.45, 7) is 1.96. The highest BCUT2D eigenvalue weighted by Gasteiger charge is 2.26. The van der Waals surface area contributed by atoms with Gasteiger partial charge in [-0.1, -0.05) is 12.1 Å². The standard InChI is InChI=1S/C13H11NO4S/c1-7-11(13(15)16)19-12(14-7)10-6-17-8-4-2-3-5-9(8)18-10/h2-5,10H,6H2,1H3,(H,15,16)/p-1/t10-/m1/s1. The lowest BCUT2D eigenvalue weighted by Crippen LogP contribution is -2.22. The lowest BCUT2D eigenvalue weighted by atomic mass is 10.2. The highest BCUT2D eigenvalue weighted by Crippen LogP contribution is 2.37. The number of aromatic nitrogens is 1. The van der Waals surface area contributed by atoms with Gasteiger partial charge in [0.1, 0.15) is 11.6 Å². The monoisotopic (exact) mass is 276 g/mol. The number of para-hydroxylation sites is 2. The molecule has 0 N–H and O–H groups in total. The van der Waals surface area contributed by atoms with Crippen LogP contribution in [0.25, 0.3) is 0 Å². The minimum absolute atomic E-state index is 0.137. The fraction of sp³-hybridized carbons (Fsp3) is 0.231. The van der Waals surface area contributed by atoms with Crippen LogP contribution < -0.4 is 14.6 Å². The lowest BCUT2D eigenvalue weighted by molar-refractivity contribution is -0.254. The van der Waals surface area contributed by atoms with E-state index in [0.29, 0.717) is 28.8 Å². The minimum Gasteiger partial charge on any atom is -0.544 e. The molecule has 0 bridgehead atoms. The zero-order valence-corrected chi connectivity index (χ0v) is 10.9. The number of hydrogen-bond acceptors (Lipinski definition) is 6. The molecule has 3 rings (SSSR count). The third kappa shape index (κ3) is 2.15. The van der Waals surface area contributed by atoms with Crippen LogP contribution in [-0.4, -0.2) is 17.6 Å². The first-order valence-corrected chi connectivity index (χ1v) is 6.54. The summed E-state index contributed by atoms with van der Waals surface area (Å²) in [4.78, 5) is 15.3. The van der Waals surface area contributed by atoms with Crippen LogP contribution in [-0.2, 0) is 0 Å². The Balaban J connectivity index is 1.89. The van der Waals surface area contributed by atoms with Crippen LogP contribution in [0.1, 0.15) is 26.5 Å². The number of carboxylic acid groups (broad SMARTS) is 1. The molecule has 1 aromatic carbocycles. The van der Waals surface area contributed by atoms with Crippen molar-refractivity contribution in [2.75, 3.05) is 6.61 Å². The van der Waals surface area contributed by atoms with Gasteiger partial charge in [-0.2, -0.15) is 0 Å². The molecule has 0 spiro atoms. The first-order chi connectivity index (χ1) is 9.15. The maximum absolute atomic E-state index is 10.9. The molecule has 0 saturated carbocycles. The normalized spacial score (nSPS) is 17.2. The number of benzene rings is 1. The molecular formula is C13H10NO4S-. The molecule has 2 aromatic rings. The van der Waals surface area contributed by atoms with E-state index in [4.69, 9.17) is 9.47 Å². The average molecular weight is 276 g/mol. The van der Waals surface area contributed by atoms with Gasteiger partial charge in [-0.15, -0.1) is 11.3 Å². The topological polar surface area (TPSA) is 71.5 Å². The van der Waals surface area contributed by atoms with Crippen LogP contribution in [0.4, 0.5) is 0 Å². The molecule has 1 aliphatic heterocycles. The Hall–Kier alpha value is -2.08. The van der Waals surface area contributed by atoms with Gasteiger partial charge in [0, 0.05) is 0 Å². The number of carbonyl (C=O) groups is 1. The van der Waals surface area contributed by atoms with E-state index in [1.807, 2.05) is 24.3 Å². The third-order valence-corrected chi connectivity index (χ3v) is 4.01. The number of carbonyl (C=O) groups excluding carboxylic acids is 1. The number of thiazole rings is 1.